The highest BCUT2D eigenvalue weighted by Gasteiger charge is 2.26. The van der Waals surface area contributed by atoms with Crippen LogP contribution in [-0.2, 0) is 0 Å². The quantitative estimate of drug-likeness (QED) is 0.882. The molecule has 1 fully saturated rings. The number of hydrogen-bond donors (Lipinski definition) is 2. The first kappa shape index (κ1) is 13.8. The highest BCUT2D eigenvalue weighted by atomic mass is 19.1. The minimum absolute atomic E-state index is 0.106. The second-order valence-electron chi connectivity index (χ2n) is 5.50. The van der Waals surface area contributed by atoms with Gasteiger partial charge in [-0.25, -0.2) is 14.2 Å². The average molecular weight is 266 g/mol. The van der Waals surface area contributed by atoms with Crippen molar-refractivity contribution in [2.24, 2.45) is 11.8 Å². The molecule has 3 atom stereocenters. The number of halogens is 1. The lowest BCUT2D eigenvalue weighted by molar-refractivity contribution is 0.0697. The van der Waals surface area contributed by atoms with Crippen LogP contribution in [0.4, 0.5) is 10.2 Å². The van der Waals surface area contributed by atoms with Gasteiger partial charge in [-0.2, -0.15) is 0 Å². The zero-order chi connectivity index (χ0) is 14.0. The molecule has 0 aromatic carbocycles. The Labute approximate surface area is 112 Å². The van der Waals surface area contributed by atoms with Crippen molar-refractivity contribution in [2.45, 2.75) is 39.2 Å². The SMILES string of the molecule is CC1CCC(Nc2ncc(F)cc2C(=O)O)C(C)C1. The number of rotatable bonds is 3. The molecule has 1 aliphatic rings. The molecular formula is C14H19FN2O2. The first-order valence-electron chi connectivity index (χ1n) is 6.62. The Kier molecular flexibility index (Phi) is 4.02. The summed E-state index contributed by atoms with van der Waals surface area (Å²) >= 11 is 0. The largest absolute Gasteiger partial charge is 0.478 e. The fourth-order valence-corrected chi connectivity index (χ4v) is 2.77. The second kappa shape index (κ2) is 5.55. The third-order valence-corrected chi connectivity index (χ3v) is 3.84. The number of hydrogen-bond acceptors (Lipinski definition) is 3. The number of nitrogens with zero attached hydrogens (tertiary/aromatic N) is 1. The van der Waals surface area contributed by atoms with Crippen LogP contribution in [0.25, 0.3) is 0 Å². The van der Waals surface area contributed by atoms with Gasteiger partial charge in [-0.1, -0.05) is 13.8 Å². The van der Waals surface area contributed by atoms with Gasteiger partial charge in [0.05, 0.1) is 6.20 Å². The molecular weight excluding hydrogens is 247 g/mol. The number of carbonyl (C=O) groups is 1. The Balaban J connectivity index is 2.17. The topological polar surface area (TPSA) is 62.2 Å². The summed E-state index contributed by atoms with van der Waals surface area (Å²) < 4.78 is 13.1. The molecule has 0 amide bonds. The van der Waals surface area contributed by atoms with Crippen molar-refractivity contribution >= 4 is 11.8 Å². The first-order chi connectivity index (χ1) is 8.97. The molecule has 3 unspecified atom stereocenters. The van der Waals surface area contributed by atoms with Crippen LogP contribution < -0.4 is 5.32 Å². The molecule has 2 rings (SSSR count). The number of nitrogens with one attached hydrogen (secondary N) is 1. The van der Waals surface area contributed by atoms with E-state index in [1.165, 1.54) is 0 Å². The van der Waals surface area contributed by atoms with Crippen LogP contribution in [0.2, 0.25) is 0 Å². The van der Waals surface area contributed by atoms with Gasteiger partial charge in [-0.3, -0.25) is 0 Å². The van der Waals surface area contributed by atoms with E-state index in [1.54, 1.807) is 0 Å². The second-order valence-corrected chi connectivity index (χ2v) is 5.50. The molecule has 1 saturated carbocycles. The summed E-state index contributed by atoms with van der Waals surface area (Å²) in [6.45, 7) is 4.38. The van der Waals surface area contributed by atoms with Gasteiger partial charge in [0.25, 0.3) is 0 Å². The summed E-state index contributed by atoms with van der Waals surface area (Å²) in [6, 6.07) is 1.21. The van der Waals surface area contributed by atoms with Gasteiger partial charge >= 0.3 is 5.97 Å². The summed E-state index contributed by atoms with van der Waals surface area (Å²) in [6.07, 6.45) is 4.26. The normalized spacial score (nSPS) is 27.0. The summed E-state index contributed by atoms with van der Waals surface area (Å²) in [5.74, 6) is -0.370. The standard InChI is InChI=1S/C14H19FN2O2/c1-8-3-4-12(9(2)5-8)17-13-11(14(18)19)6-10(15)7-16-13/h6-9,12H,3-5H2,1-2H3,(H,16,17)(H,18,19). The molecule has 0 spiro atoms. The number of carboxylic acids is 1. The summed E-state index contributed by atoms with van der Waals surface area (Å²) in [4.78, 5) is 15.0. The van der Waals surface area contributed by atoms with Crippen molar-refractivity contribution in [3.8, 4) is 0 Å². The molecule has 2 N–H and O–H groups in total. The fraction of sp³-hybridized carbons (Fsp3) is 0.571. The zero-order valence-corrected chi connectivity index (χ0v) is 11.2. The predicted octanol–water partition coefficient (Wildman–Crippen LogP) is 3.16. The minimum Gasteiger partial charge on any atom is -0.478 e. The van der Waals surface area contributed by atoms with Crippen LogP contribution in [-0.4, -0.2) is 22.1 Å². The third-order valence-electron chi connectivity index (χ3n) is 3.84. The number of aromatic carboxylic acids is 1. The summed E-state index contributed by atoms with van der Waals surface area (Å²) in [5.41, 5.74) is -0.106. The van der Waals surface area contributed by atoms with E-state index in [0.29, 0.717) is 11.8 Å². The number of anilines is 1. The molecule has 0 radical (unpaired) electrons. The smallest absolute Gasteiger partial charge is 0.339 e. The summed E-state index contributed by atoms with van der Waals surface area (Å²) in [5, 5.41) is 12.3. The molecule has 0 bridgehead atoms. The number of pyridine rings is 1. The van der Waals surface area contributed by atoms with Crippen molar-refractivity contribution in [1.29, 1.82) is 0 Å². The lowest BCUT2D eigenvalue weighted by Gasteiger charge is -2.33. The van der Waals surface area contributed by atoms with Gasteiger partial charge < -0.3 is 10.4 Å². The maximum absolute atomic E-state index is 13.1. The third kappa shape index (κ3) is 3.22. The molecule has 5 heteroatoms. The Morgan fingerprint density at radius 1 is 1.47 bits per heavy atom. The van der Waals surface area contributed by atoms with E-state index in [9.17, 15) is 9.18 Å². The Morgan fingerprint density at radius 2 is 2.21 bits per heavy atom. The number of carboxylic acid groups (broad SMARTS) is 1. The maximum Gasteiger partial charge on any atom is 0.339 e. The Morgan fingerprint density at radius 3 is 2.84 bits per heavy atom. The first-order valence-corrected chi connectivity index (χ1v) is 6.62. The molecule has 104 valence electrons. The van der Waals surface area contributed by atoms with E-state index in [-0.39, 0.29) is 17.4 Å². The van der Waals surface area contributed by atoms with Crippen LogP contribution in [0.3, 0.4) is 0 Å². The molecule has 0 aliphatic heterocycles. The Bertz CT molecular complexity index is 479. The number of aromatic nitrogens is 1. The van der Waals surface area contributed by atoms with Crippen molar-refractivity contribution in [3.05, 3.63) is 23.6 Å². The van der Waals surface area contributed by atoms with Gasteiger partial charge in [0.15, 0.2) is 0 Å². The van der Waals surface area contributed by atoms with Gasteiger partial charge in [0.1, 0.15) is 17.2 Å². The van der Waals surface area contributed by atoms with Gasteiger partial charge in [-0.15, -0.1) is 0 Å². The van der Waals surface area contributed by atoms with Crippen molar-refractivity contribution in [3.63, 3.8) is 0 Å². The van der Waals surface area contributed by atoms with Gasteiger partial charge in [0.2, 0.25) is 0 Å². The van der Waals surface area contributed by atoms with Crippen molar-refractivity contribution < 1.29 is 14.3 Å². The predicted molar refractivity (Wildman–Crippen MR) is 70.7 cm³/mol. The monoisotopic (exact) mass is 266 g/mol. The maximum atomic E-state index is 13.1. The van der Waals surface area contributed by atoms with E-state index < -0.39 is 11.8 Å². The van der Waals surface area contributed by atoms with E-state index in [2.05, 4.69) is 24.1 Å². The van der Waals surface area contributed by atoms with Crippen molar-refractivity contribution in [2.75, 3.05) is 5.32 Å². The summed E-state index contributed by atoms with van der Waals surface area (Å²) in [7, 11) is 0. The van der Waals surface area contributed by atoms with Crippen molar-refractivity contribution in [1.82, 2.24) is 4.98 Å². The molecule has 19 heavy (non-hydrogen) atoms. The van der Waals surface area contributed by atoms with E-state index >= 15 is 0 Å². The van der Waals surface area contributed by atoms with Crippen LogP contribution in [0.15, 0.2) is 12.3 Å². The molecule has 1 heterocycles. The lowest BCUT2D eigenvalue weighted by Crippen LogP contribution is -2.33. The van der Waals surface area contributed by atoms with Crippen LogP contribution in [0.1, 0.15) is 43.5 Å². The van der Waals surface area contributed by atoms with E-state index in [4.69, 9.17) is 5.11 Å². The molecule has 1 aliphatic carbocycles. The lowest BCUT2D eigenvalue weighted by atomic mass is 9.80. The highest BCUT2D eigenvalue weighted by Crippen LogP contribution is 2.31. The Hall–Kier alpha value is -1.65. The zero-order valence-electron chi connectivity index (χ0n) is 11.2. The van der Waals surface area contributed by atoms with Crippen LogP contribution >= 0.6 is 0 Å². The van der Waals surface area contributed by atoms with E-state index in [0.717, 1.165) is 31.5 Å². The molecule has 0 saturated heterocycles. The average Bonchev–Trinajstić information content (AvgIpc) is 2.34. The van der Waals surface area contributed by atoms with Crippen LogP contribution in [0, 0.1) is 17.7 Å². The highest BCUT2D eigenvalue weighted by molar-refractivity contribution is 5.93. The van der Waals surface area contributed by atoms with Crippen LogP contribution in [0.5, 0.6) is 0 Å². The minimum atomic E-state index is -1.16. The van der Waals surface area contributed by atoms with Gasteiger partial charge in [0, 0.05) is 6.04 Å². The molecule has 4 nitrogen and oxygen atoms in total. The molecule has 1 aromatic heterocycles. The molecule has 1 aromatic rings. The van der Waals surface area contributed by atoms with Gasteiger partial charge in [-0.05, 0) is 37.2 Å². The fourth-order valence-electron chi connectivity index (χ4n) is 2.77. The van der Waals surface area contributed by atoms with E-state index in [1.807, 2.05) is 0 Å².